The first-order valence-electron chi connectivity index (χ1n) is 5.45. The van der Waals surface area contributed by atoms with E-state index in [0.717, 1.165) is 12.1 Å². The fourth-order valence-corrected chi connectivity index (χ4v) is 1.81. The molecule has 0 saturated carbocycles. The minimum atomic E-state index is -1.20. The zero-order valence-electron chi connectivity index (χ0n) is 10.2. The number of nitro groups is 1. The molecule has 0 unspecified atom stereocenters. The summed E-state index contributed by atoms with van der Waals surface area (Å²) >= 11 is 11.4. The number of amides is 1. The molecule has 0 spiro atoms. The Hall–Kier alpha value is -1.86. The highest BCUT2D eigenvalue weighted by Crippen LogP contribution is 2.33. The lowest BCUT2D eigenvalue weighted by Crippen LogP contribution is -2.40. The third-order valence-electron chi connectivity index (χ3n) is 2.48. The number of nitrogens with one attached hydrogen (secondary N) is 1. The van der Waals surface area contributed by atoms with Gasteiger partial charge in [0.25, 0.3) is 11.6 Å². The van der Waals surface area contributed by atoms with Gasteiger partial charge in [0.05, 0.1) is 9.95 Å². The van der Waals surface area contributed by atoms with Crippen LogP contribution in [-0.2, 0) is 4.79 Å². The number of carboxylic acid groups (broad SMARTS) is 1. The highest BCUT2D eigenvalue weighted by atomic mass is 35.5. The Kier molecular flexibility index (Phi) is 5.29. The Morgan fingerprint density at radius 3 is 2.50 bits per heavy atom. The van der Waals surface area contributed by atoms with Crippen LogP contribution in [-0.4, -0.2) is 27.9 Å². The van der Waals surface area contributed by atoms with Gasteiger partial charge in [-0.15, -0.1) is 0 Å². The maximum absolute atomic E-state index is 11.9. The molecule has 7 nitrogen and oxygen atoms in total. The molecule has 9 heteroatoms. The van der Waals surface area contributed by atoms with Crippen LogP contribution in [0, 0.1) is 10.1 Å². The topological polar surface area (TPSA) is 110 Å². The Morgan fingerprint density at radius 1 is 1.45 bits per heavy atom. The summed E-state index contributed by atoms with van der Waals surface area (Å²) < 4.78 is 0. The van der Waals surface area contributed by atoms with Crippen molar-refractivity contribution in [3.63, 3.8) is 0 Å². The first-order valence-corrected chi connectivity index (χ1v) is 6.20. The molecule has 0 aliphatic heterocycles. The number of nitro benzene ring substituents is 1. The molecule has 108 valence electrons. The van der Waals surface area contributed by atoms with Crippen molar-refractivity contribution in [2.45, 2.75) is 19.4 Å². The van der Waals surface area contributed by atoms with Crippen LogP contribution in [0.3, 0.4) is 0 Å². The summed E-state index contributed by atoms with van der Waals surface area (Å²) in [6.07, 6.45) is 0.171. The normalized spacial score (nSPS) is 11.8. The number of hydrogen-bond donors (Lipinski definition) is 2. The van der Waals surface area contributed by atoms with Crippen LogP contribution in [0.4, 0.5) is 5.69 Å². The van der Waals surface area contributed by atoms with E-state index in [1.807, 2.05) is 0 Å². The smallest absolute Gasteiger partial charge is 0.326 e. The second-order valence-corrected chi connectivity index (χ2v) is 4.61. The van der Waals surface area contributed by atoms with E-state index in [4.69, 9.17) is 28.3 Å². The van der Waals surface area contributed by atoms with Crippen LogP contribution in [0.25, 0.3) is 0 Å². The highest BCUT2D eigenvalue weighted by molar-refractivity contribution is 6.43. The summed E-state index contributed by atoms with van der Waals surface area (Å²) in [6, 6.07) is 0.995. The van der Waals surface area contributed by atoms with Crippen molar-refractivity contribution in [1.82, 2.24) is 5.32 Å². The Morgan fingerprint density at radius 2 is 2.05 bits per heavy atom. The van der Waals surface area contributed by atoms with Crippen molar-refractivity contribution < 1.29 is 19.6 Å². The molecule has 0 saturated heterocycles. The van der Waals surface area contributed by atoms with Crippen LogP contribution in [0.2, 0.25) is 10.0 Å². The Bertz CT molecular complexity index is 576. The van der Waals surface area contributed by atoms with Gasteiger partial charge in [-0.2, -0.15) is 0 Å². The molecule has 0 radical (unpaired) electrons. The molecule has 20 heavy (non-hydrogen) atoms. The monoisotopic (exact) mass is 320 g/mol. The molecule has 1 amide bonds. The van der Waals surface area contributed by atoms with Crippen LogP contribution >= 0.6 is 23.2 Å². The number of rotatable bonds is 5. The minimum absolute atomic E-state index is 0.134. The molecule has 1 aromatic carbocycles. The largest absolute Gasteiger partial charge is 0.480 e. The van der Waals surface area contributed by atoms with Crippen molar-refractivity contribution in [3.8, 4) is 0 Å². The lowest BCUT2D eigenvalue weighted by atomic mass is 10.1. The first kappa shape index (κ1) is 16.2. The number of nitrogens with zero attached hydrogens (tertiary/aromatic N) is 1. The van der Waals surface area contributed by atoms with Gasteiger partial charge in [0.1, 0.15) is 11.1 Å². The number of carbonyl (C=O) groups excluding carboxylic acids is 1. The van der Waals surface area contributed by atoms with Gasteiger partial charge < -0.3 is 10.4 Å². The average Bonchev–Trinajstić information content (AvgIpc) is 2.37. The third-order valence-corrected chi connectivity index (χ3v) is 3.27. The quantitative estimate of drug-likeness (QED) is 0.639. The van der Waals surface area contributed by atoms with Gasteiger partial charge in [-0.3, -0.25) is 14.9 Å². The van der Waals surface area contributed by atoms with Gasteiger partial charge in [0.2, 0.25) is 0 Å². The molecule has 0 heterocycles. The SMILES string of the molecule is CC[C@@H](NC(=O)c1cc(Cl)c(Cl)c([N+](=O)[O-])c1)C(=O)O. The lowest BCUT2D eigenvalue weighted by molar-refractivity contribution is -0.384. The molecular weight excluding hydrogens is 311 g/mol. The summed E-state index contributed by atoms with van der Waals surface area (Å²) in [5.41, 5.74) is -0.654. The molecule has 1 aromatic rings. The Balaban J connectivity index is 3.11. The van der Waals surface area contributed by atoms with Crippen LogP contribution in [0.15, 0.2) is 12.1 Å². The van der Waals surface area contributed by atoms with Crippen LogP contribution in [0.1, 0.15) is 23.7 Å². The molecule has 1 rings (SSSR count). The summed E-state index contributed by atoms with van der Waals surface area (Å²) in [5.74, 6) is -1.98. The van der Waals surface area contributed by atoms with E-state index in [-0.39, 0.29) is 22.0 Å². The maximum atomic E-state index is 11.9. The first-order chi connectivity index (χ1) is 9.27. The second-order valence-electron chi connectivity index (χ2n) is 3.82. The molecule has 2 N–H and O–H groups in total. The van der Waals surface area contributed by atoms with E-state index < -0.39 is 28.5 Å². The van der Waals surface area contributed by atoms with E-state index in [1.54, 1.807) is 6.92 Å². The molecule has 1 atom stereocenters. The number of carbonyl (C=O) groups is 2. The Labute approximate surface area is 123 Å². The second kappa shape index (κ2) is 6.53. The van der Waals surface area contributed by atoms with Crippen LogP contribution < -0.4 is 5.32 Å². The average molecular weight is 321 g/mol. The zero-order chi connectivity index (χ0) is 15.4. The van der Waals surface area contributed by atoms with Crippen molar-refractivity contribution >= 4 is 40.8 Å². The minimum Gasteiger partial charge on any atom is -0.480 e. The number of halogens is 2. The summed E-state index contributed by atoms with van der Waals surface area (Å²) in [5, 5.41) is 21.4. The van der Waals surface area contributed by atoms with Gasteiger partial charge in [-0.05, 0) is 12.5 Å². The van der Waals surface area contributed by atoms with E-state index in [9.17, 15) is 19.7 Å². The van der Waals surface area contributed by atoms with Crippen LogP contribution in [0.5, 0.6) is 0 Å². The fourth-order valence-electron chi connectivity index (χ4n) is 1.42. The molecule has 0 aromatic heterocycles. The zero-order valence-corrected chi connectivity index (χ0v) is 11.7. The van der Waals surface area contributed by atoms with Crippen molar-refractivity contribution in [3.05, 3.63) is 37.9 Å². The standard InChI is InChI=1S/C11H10Cl2N2O5/c1-2-7(11(17)18)14-10(16)5-3-6(12)9(13)8(4-5)15(19)20/h3-4,7H,2H2,1H3,(H,14,16)(H,17,18)/t7-/m1/s1. The van der Waals surface area contributed by atoms with E-state index in [0.29, 0.717) is 0 Å². The lowest BCUT2D eigenvalue weighted by Gasteiger charge is -2.12. The predicted octanol–water partition coefficient (Wildman–Crippen LogP) is 2.49. The van der Waals surface area contributed by atoms with Gasteiger partial charge in [-0.1, -0.05) is 30.1 Å². The van der Waals surface area contributed by atoms with Crippen molar-refractivity contribution in [2.24, 2.45) is 0 Å². The van der Waals surface area contributed by atoms with Gasteiger partial charge >= 0.3 is 5.97 Å². The highest BCUT2D eigenvalue weighted by Gasteiger charge is 2.23. The third kappa shape index (κ3) is 3.58. The maximum Gasteiger partial charge on any atom is 0.326 e. The summed E-state index contributed by atoms with van der Waals surface area (Å²) in [6.45, 7) is 1.58. The van der Waals surface area contributed by atoms with E-state index in [1.165, 1.54) is 0 Å². The number of benzene rings is 1. The molecular formula is C11H10Cl2N2O5. The van der Waals surface area contributed by atoms with Gasteiger partial charge in [0.15, 0.2) is 0 Å². The van der Waals surface area contributed by atoms with E-state index >= 15 is 0 Å². The van der Waals surface area contributed by atoms with Crippen molar-refractivity contribution in [1.29, 1.82) is 0 Å². The van der Waals surface area contributed by atoms with Gasteiger partial charge in [-0.25, -0.2) is 4.79 Å². The van der Waals surface area contributed by atoms with Gasteiger partial charge in [0, 0.05) is 11.6 Å². The number of hydrogen-bond acceptors (Lipinski definition) is 4. The molecule has 0 aliphatic carbocycles. The predicted molar refractivity (Wildman–Crippen MR) is 72.3 cm³/mol. The molecule has 0 aliphatic rings. The number of aliphatic carboxylic acids is 1. The van der Waals surface area contributed by atoms with E-state index in [2.05, 4.69) is 5.32 Å². The van der Waals surface area contributed by atoms with Crippen molar-refractivity contribution in [2.75, 3.05) is 0 Å². The summed E-state index contributed by atoms with van der Waals surface area (Å²) in [4.78, 5) is 32.7. The molecule has 0 fully saturated rings. The molecule has 0 bridgehead atoms. The number of carboxylic acids is 1. The summed E-state index contributed by atoms with van der Waals surface area (Å²) in [7, 11) is 0. The fraction of sp³-hybridized carbons (Fsp3) is 0.273.